The number of nitrogens with one attached hydrogen (secondary N) is 4. The quantitative estimate of drug-likeness (QED) is 0.245. The van der Waals surface area contributed by atoms with Gasteiger partial charge in [0.2, 0.25) is 22.8 Å². The zero-order valence-electron chi connectivity index (χ0n) is 21.8. The molecule has 10 nitrogen and oxygen atoms in total. The maximum Gasteiger partial charge on any atom is 0.408 e. The number of benzene rings is 1. The number of alkyl carbamates (subject to hydrolysis) is 1. The largest absolute Gasteiger partial charge is 0.445 e. The normalized spacial score (nSPS) is 17.5. The molecule has 1 heterocycles. The minimum atomic E-state index is -0.969. The van der Waals surface area contributed by atoms with Crippen LogP contribution in [0.1, 0.15) is 52.5 Å². The van der Waals surface area contributed by atoms with E-state index in [1.54, 1.807) is 13.8 Å². The van der Waals surface area contributed by atoms with Gasteiger partial charge in [-0.05, 0) is 36.7 Å². The van der Waals surface area contributed by atoms with Crippen molar-refractivity contribution in [2.75, 3.05) is 6.54 Å². The molecule has 37 heavy (non-hydrogen) atoms. The molecule has 0 aromatic heterocycles. The van der Waals surface area contributed by atoms with Gasteiger partial charge in [0, 0.05) is 12.5 Å². The van der Waals surface area contributed by atoms with E-state index in [-0.39, 0.29) is 30.8 Å². The molecule has 1 aromatic carbocycles. The first-order valence-electron chi connectivity index (χ1n) is 12.6. The van der Waals surface area contributed by atoms with Gasteiger partial charge in [-0.15, -0.1) is 12.6 Å². The number of rotatable bonds is 13. The highest BCUT2D eigenvalue weighted by Gasteiger charge is 2.34. The summed E-state index contributed by atoms with van der Waals surface area (Å²) in [5.41, 5.74) is 0.806. The highest BCUT2D eigenvalue weighted by molar-refractivity contribution is 7.96. The number of amides is 4. The Morgan fingerprint density at radius 3 is 2.19 bits per heavy atom. The Labute approximate surface area is 223 Å². The van der Waals surface area contributed by atoms with E-state index in [4.69, 9.17) is 4.74 Å². The van der Waals surface area contributed by atoms with Crippen LogP contribution in [0.25, 0.3) is 0 Å². The van der Waals surface area contributed by atoms with Crippen molar-refractivity contribution < 1.29 is 28.7 Å². The lowest BCUT2D eigenvalue weighted by Crippen LogP contribution is -2.57. The van der Waals surface area contributed by atoms with Crippen LogP contribution in [0.15, 0.2) is 30.3 Å². The third-order valence-electron chi connectivity index (χ3n) is 6.07. The van der Waals surface area contributed by atoms with E-state index >= 15 is 0 Å². The van der Waals surface area contributed by atoms with Crippen LogP contribution in [0.3, 0.4) is 0 Å². The lowest BCUT2D eigenvalue weighted by Gasteiger charge is -2.27. The van der Waals surface area contributed by atoms with Crippen molar-refractivity contribution in [1.82, 2.24) is 21.3 Å². The lowest BCUT2D eigenvalue weighted by molar-refractivity contribution is -0.132. The summed E-state index contributed by atoms with van der Waals surface area (Å²) in [5.74, 6) is -1.90. The summed E-state index contributed by atoms with van der Waals surface area (Å²) in [7, 11) is 0. The van der Waals surface area contributed by atoms with Crippen molar-refractivity contribution in [3.63, 3.8) is 0 Å². The molecule has 0 aliphatic carbocycles. The van der Waals surface area contributed by atoms with E-state index in [2.05, 4.69) is 33.9 Å². The summed E-state index contributed by atoms with van der Waals surface area (Å²) in [6.45, 7) is 7.90. The van der Waals surface area contributed by atoms with Crippen LogP contribution in [-0.2, 0) is 30.5 Å². The molecule has 4 N–H and O–H groups in total. The predicted octanol–water partition coefficient (Wildman–Crippen LogP) is 1.94. The summed E-state index contributed by atoms with van der Waals surface area (Å²) in [4.78, 5) is 62.7. The molecule has 4 atom stereocenters. The second-order valence-corrected chi connectivity index (χ2v) is 10.5. The van der Waals surface area contributed by atoms with Gasteiger partial charge in [-0.3, -0.25) is 19.2 Å². The third-order valence-corrected chi connectivity index (χ3v) is 6.38. The standard InChI is InChI=1S/C26H38N4O6S/c1-15(2)12-19(23(32)29-20(25(34)37)13-18-10-11-27-22(18)31)28-24(33)21(16(3)4)30-26(35)36-14-17-8-6-5-7-9-17/h5-9,15-16,18-21H,10-14H2,1-4H3,(H,27,31)(H,28,33)(H,29,32)(H,30,35)(H,34,37)/t18-,19-,20-,21-/m0/s1. The Morgan fingerprint density at radius 1 is 1.00 bits per heavy atom. The number of carbonyl (C=O) groups is 5. The summed E-state index contributed by atoms with van der Waals surface area (Å²) < 4.78 is 5.24. The van der Waals surface area contributed by atoms with E-state index in [1.807, 2.05) is 44.2 Å². The summed E-state index contributed by atoms with van der Waals surface area (Å²) in [6, 6.07) is 6.27. The van der Waals surface area contributed by atoms with E-state index in [0.29, 0.717) is 19.4 Å². The summed E-state index contributed by atoms with van der Waals surface area (Å²) in [6.07, 6.45) is 0.253. The Bertz CT molecular complexity index is 956. The first-order chi connectivity index (χ1) is 17.5. The Morgan fingerprint density at radius 2 is 1.65 bits per heavy atom. The fourth-order valence-electron chi connectivity index (χ4n) is 4.04. The smallest absolute Gasteiger partial charge is 0.408 e. The molecule has 4 amide bonds. The van der Waals surface area contributed by atoms with Crippen molar-refractivity contribution >= 4 is 41.6 Å². The molecule has 0 saturated carbocycles. The van der Waals surface area contributed by atoms with E-state index in [0.717, 1.165) is 5.56 Å². The summed E-state index contributed by atoms with van der Waals surface area (Å²) in [5, 5.41) is 10.1. The molecule has 1 aromatic rings. The van der Waals surface area contributed by atoms with Crippen LogP contribution in [-0.4, -0.2) is 53.6 Å². The van der Waals surface area contributed by atoms with Crippen LogP contribution in [0.2, 0.25) is 0 Å². The van der Waals surface area contributed by atoms with Gasteiger partial charge < -0.3 is 26.0 Å². The molecule has 1 aliphatic rings. The molecule has 1 saturated heterocycles. The topological polar surface area (TPSA) is 143 Å². The highest BCUT2D eigenvalue weighted by atomic mass is 32.1. The van der Waals surface area contributed by atoms with Gasteiger partial charge in [0.25, 0.3) is 0 Å². The fourth-order valence-corrected chi connectivity index (χ4v) is 4.21. The van der Waals surface area contributed by atoms with Crippen molar-refractivity contribution in [3.05, 3.63) is 35.9 Å². The van der Waals surface area contributed by atoms with Gasteiger partial charge in [0.1, 0.15) is 18.7 Å². The maximum atomic E-state index is 13.1. The number of hydrogen-bond donors (Lipinski definition) is 5. The Kier molecular flexibility index (Phi) is 11.9. The summed E-state index contributed by atoms with van der Waals surface area (Å²) >= 11 is 3.89. The van der Waals surface area contributed by atoms with Crippen molar-refractivity contribution in [2.45, 2.75) is 71.7 Å². The van der Waals surface area contributed by atoms with Crippen LogP contribution >= 0.6 is 12.6 Å². The second-order valence-electron chi connectivity index (χ2n) is 10.0. The van der Waals surface area contributed by atoms with Crippen LogP contribution in [0, 0.1) is 17.8 Å². The average molecular weight is 535 g/mol. The van der Waals surface area contributed by atoms with Gasteiger partial charge in [-0.25, -0.2) is 4.79 Å². The van der Waals surface area contributed by atoms with Crippen molar-refractivity contribution in [2.24, 2.45) is 17.8 Å². The molecule has 1 aliphatic heterocycles. The minimum absolute atomic E-state index is 0.0445. The molecule has 0 radical (unpaired) electrons. The van der Waals surface area contributed by atoms with E-state index in [1.165, 1.54) is 0 Å². The van der Waals surface area contributed by atoms with Crippen LogP contribution in [0.5, 0.6) is 0 Å². The molecule has 0 spiro atoms. The average Bonchev–Trinajstić information content (AvgIpc) is 3.24. The van der Waals surface area contributed by atoms with Crippen molar-refractivity contribution in [3.8, 4) is 0 Å². The number of ether oxygens (including phenoxy) is 1. The lowest BCUT2D eigenvalue weighted by atomic mass is 9.97. The monoisotopic (exact) mass is 534 g/mol. The highest BCUT2D eigenvalue weighted by Crippen LogP contribution is 2.18. The van der Waals surface area contributed by atoms with Gasteiger partial charge in [0.15, 0.2) is 0 Å². The van der Waals surface area contributed by atoms with E-state index < -0.39 is 47.1 Å². The maximum absolute atomic E-state index is 13.1. The molecular weight excluding hydrogens is 496 g/mol. The first-order valence-corrected chi connectivity index (χ1v) is 13.0. The Balaban J connectivity index is 2.03. The molecular formula is C26H38N4O6S. The third kappa shape index (κ3) is 10.1. The Hall–Kier alpha value is -3.08. The molecule has 0 unspecified atom stereocenters. The van der Waals surface area contributed by atoms with Gasteiger partial charge in [-0.2, -0.15) is 0 Å². The number of thiol groups is 1. The fraction of sp³-hybridized carbons (Fsp3) is 0.577. The van der Waals surface area contributed by atoms with Crippen LogP contribution in [0.4, 0.5) is 4.79 Å². The molecule has 11 heteroatoms. The zero-order chi connectivity index (χ0) is 27.5. The SMILES string of the molecule is CC(C)C[C@H](NC(=O)[C@@H](NC(=O)OCc1ccccc1)C(C)C)C(=O)N[C@@H](C[C@@H]1CCNC1=O)C(=O)S. The molecule has 1 fully saturated rings. The molecule has 204 valence electrons. The minimum Gasteiger partial charge on any atom is -0.445 e. The van der Waals surface area contributed by atoms with Crippen LogP contribution < -0.4 is 21.3 Å². The van der Waals surface area contributed by atoms with E-state index in [9.17, 15) is 24.0 Å². The zero-order valence-corrected chi connectivity index (χ0v) is 22.7. The molecule has 0 bridgehead atoms. The van der Waals surface area contributed by atoms with Gasteiger partial charge in [0.05, 0.1) is 6.04 Å². The molecule has 2 rings (SSSR count). The van der Waals surface area contributed by atoms with Gasteiger partial charge in [-0.1, -0.05) is 58.0 Å². The van der Waals surface area contributed by atoms with Crippen molar-refractivity contribution in [1.29, 1.82) is 0 Å². The predicted molar refractivity (Wildman–Crippen MR) is 141 cm³/mol. The number of hydrogen-bond acceptors (Lipinski definition) is 6. The number of carbonyl (C=O) groups excluding carboxylic acids is 5. The second kappa shape index (κ2) is 14.6. The van der Waals surface area contributed by atoms with Gasteiger partial charge >= 0.3 is 6.09 Å². The first kappa shape index (κ1) is 30.1.